The van der Waals surface area contributed by atoms with Crippen molar-refractivity contribution in [1.29, 1.82) is 0 Å². The third-order valence-electron chi connectivity index (χ3n) is 5.18. The lowest BCUT2D eigenvalue weighted by Crippen LogP contribution is -2.72. The van der Waals surface area contributed by atoms with Gasteiger partial charge in [0.1, 0.15) is 11.1 Å². The molecule has 3 fully saturated rings. The molecule has 3 aliphatic rings. The summed E-state index contributed by atoms with van der Waals surface area (Å²) in [5, 5.41) is 10.2. The van der Waals surface area contributed by atoms with Gasteiger partial charge >= 0.3 is 0 Å². The SMILES string of the molecule is COCC1(O)CN(C(=O)C2(N3CCN(C)CC3)CCOC2)C1. The lowest BCUT2D eigenvalue weighted by atomic mass is 9.87. The highest BCUT2D eigenvalue weighted by Crippen LogP contribution is 2.33. The number of hydrogen-bond donors (Lipinski definition) is 1. The molecular formula is C15H27N3O4. The van der Waals surface area contributed by atoms with Gasteiger partial charge in [-0.2, -0.15) is 0 Å². The Morgan fingerprint density at radius 1 is 1.27 bits per heavy atom. The molecule has 126 valence electrons. The van der Waals surface area contributed by atoms with E-state index < -0.39 is 11.1 Å². The fourth-order valence-electron chi connectivity index (χ4n) is 3.80. The number of methoxy groups -OCH3 is 1. The molecule has 7 nitrogen and oxygen atoms in total. The Bertz CT molecular complexity index is 411. The van der Waals surface area contributed by atoms with E-state index in [2.05, 4.69) is 16.8 Å². The standard InChI is InChI=1S/C15H27N3O4/c1-16-4-6-18(7-5-16)15(3-8-22-12-15)13(19)17-9-14(20,10-17)11-21-2/h20H,3-12H2,1-2H3. The van der Waals surface area contributed by atoms with E-state index in [0.29, 0.717) is 26.3 Å². The van der Waals surface area contributed by atoms with Gasteiger partial charge in [-0.3, -0.25) is 9.69 Å². The molecule has 22 heavy (non-hydrogen) atoms. The number of ether oxygens (including phenoxy) is 2. The first-order valence-corrected chi connectivity index (χ1v) is 8.01. The van der Waals surface area contributed by atoms with E-state index in [1.54, 1.807) is 12.0 Å². The third kappa shape index (κ3) is 2.76. The van der Waals surface area contributed by atoms with E-state index in [4.69, 9.17) is 9.47 Å². The number of likely N-dealkylation sites (tertiary alicyclic amines) is 1. The highest BCUT2D eigenvalue weighted by molar-refractivity contribution is 5.88. The topological polar surface area (TPSA) is 65.5 Å². The molecule has 0 spiro atoms. The van der Waals surface area contributed by atoms with Crippen molar-refractivity contribution in [3.63, 3.8) is 0 Å². The minimum Gasteiger partial charge on any atom is -0.384 e. The lowest BCUT2D eigenvalue weighted by Gasteiger charge is -2.51. The summed E-state index contributed by atoms with van der Waals surface area (Å²) >= 11 is 0. The van der Waals surface area contributed by atoms with Crippen LogP contribution in [0.25, 0.3) is 0 Å². The van der Waals surface area contributed by atoms with Gasteiger partial charge in [-0.25, -0.2) is 0 Å². The Hall–Kier alpha value is -0.730. The maximum absolute atomic E-state index is 13.1. The normalized spacial score (nSPS) is 33.0. The third-order valence-corrected chi connectivity index (χ3v) is 5.18. The van der Waals surface area contributed by atoms with Gasteiger partial charge in [0, 0.05) is 46.3 Å². The van der Waals surface area contributed by atoms with E-state index >= 15 is 0 Å². The fraction of sp³-hybridized carbons (Fsp3) is 0.933. The molecule has 0 aromatic heterocycles. The van der Waals surface area contributed by atoms with Crippen molar-refractivity contribution in [2.45, 2.75) is 17.6 Å². The molecule has 0 saturated carbocycles. The number of rotatable bonds is 4. The Kier molecular flexibility index (Phi) is 4.44. The fourth-order valence-corrected chi connectivity index (χ4v) is 3.80. The van der Waals surface area contributed by atoms with Gasteiger partial charge in [0.25, 0.3) is 0 Å². The molecule has 3 rings (SSSR count). The molecule has 0 aromatic carbocycles. The summed E-state index contributed by atoms with van der Waals surface area (Å²) < 4.78 is 10.6. The molecule has 1 unspecified atom stereocenters. The monoisotopic (exact) mass is 313 g/mol. The van der Waals surface area contributed by atoms with Gasteiger partial charge in [0.15, 0.2) is 0 Å². The van der Waals surface area contributed by atoms with E-state index in [1.807, 2.05) is 0 Å². The van der Waals surface area contributed by atoms with Gasteiger partial charge in [0.2, 0.25) is 5.91 Å². The van der Waals surface area contributed by atoms with Crippen LogP contribution in [0.1, 0.15) is 6.42 Å². The van der Waals surface area contributed by atoms with Crippen molar-refractivity contribution < 1.29 is 19.4 Å². The van der Waals surface area contributed by atoms with Crippen LogP contribution in [0.4, 0.5) is 0 Å². The summed E-state index contributed by atoms with van der Waals surface area (Å²) in [6.45, 7) is 5.82. The number of carbonyl (C=O) groups is 1. The van der Waals surface area contributed by atoms with Crippen molar-refractivity contribution in [2.24, 2.45) is 0 Å². The van der Waals surface area contributed by atoms with Crippen molar-refractivity contribution >= 4 is 5.91 Å². The molecule has 0 aliphatic carbocycles. The van der Waals surface area contributed by atoms with Crippen LogP contribution < -0.4 is 0 Å². The summed E-state index contributed by atoms with van der Waals surface area (Å²) in [6, 6.07) is 0. The van der Waals surface area contributed by atoms with Crippen molar-refractivity contribution in [3.8, 4) is 0 Å². The van der Waals surface area contributed by atoms with E-state index in [0.717, 1.165) is 32.6 Å². The van der Waals surface area contributed by atoms with E-state index in [9.17, 15) is 9.90 Å². The lowest BCUT2D eigenvalue weighted by molar-refractivity contribution is -0.177. The number of carbonyl (C=O) groups excluding carboxylic acids is 1. The molecule has 1 N–H and O–H groups in total. The zero-order valence-corrected chi connectivity index (χ0v) is 13.6. The number of amides is 1. The smallest absolute Gasteiger partial charge is 0.245 e. The average Bonchev–Trinajstić information content (AvgIpc) is 2.95. The minimum absolute atomic E-state index is 0.107. The Labute approximate surface area is 131 Å². The molecule has 0 aromatic rings. The molecule has 7 heteroatoms. The maximum Gasteiger partial charge on any atom is 0.245 e. The van der Waals surface area contributed by atoms with Crippen LogP contribution >= 0.6 is 0 Å². The molecule has 1 atom stereocenters. The first-order chi connectivity index (χ1) is 10.5. The zero-order valence-electron chi connectivity index (χ0n) is 13.6. The number of β-amino-alcohol motifs (C(OH)–C–C–N with tert-alkyl or cyclic N) is 1. The largest absolute Gasteiger partial charge is 0.384 e. The number of nitrogens with zero attached hydrogens (tertiary/aromatic N) is 3. The first kappa shape index (κ1) is 16.1. The second-order valence-electron chi connectivity index (χ2n) is 6.94. The van der Waals surface area contributed by atoms with Gasteiger partial charge in [0.05, 0.1) is 26.3 Å². The predicted molar refractivity (Wildman–Crippen MR) is 80.6 cm³/mol. The van der Waals surface area contributed by atoms with E-state index in [1.165, 1.54) is 0 Å². The Morgan fingerprint density at radius 3 is 2.50 bits per heavy atom. The Balaban J connectivity index is 1.68. The summed E-state index contributed by atoms with van der Waals surface area (Å²) in [5.41, 5.74) is -1.41. The highest BCUT2D eigenvalue weighted by Gasteiger charge is 2.54. The van der Waals surface area contributed by atoms with Crippen LogP contribution in [0.3, 0.4) is 0 Å². The molecule has 3 saturated heterocycles. The second-order valence-corrected chi connectivity index (χ2v) is 6.94. The van der Waals surface area contributed by atoms with Crippen LogP contribution in [-0.4, -0.2) is 110 Å². The molecule has 3 aliphatic heterocycles. The van der Waals surface area contributed by atoms with Gasteiger partial charge in [-0.15, -0.1) is 0 Å². The van der Waals surface area contributed by atoms with Gasteiger partial charge < -0.3 is 24.4 Å². The van der Waals surface area contributed by atoms with Crippen LogP contribution in [0.2, 0.25) is 0 Å². The van der Waals surface area contributed by atoms with Crippen LogP contribution in [0, 0.1) is 0 Å². The van der Waals surface area contributed by atoms with Gasteiger partial charge in [-0.05, 0) is 7.05 Å². The van der Waals surface area contributed by atoms with Crippen molar-refractivity contribution in [1.82, 2.24) is 14.7 Å². The number of piperazine rings is 1. The molecule has 0 bridgehead atoms. The van der Waals surface area contributed by atoms with Crippen molar-refractivity contribution in [2.75, 3.05) is 73.2 Å². The summed E-state index contributed by atoms with van der Waals surface area (Å²) in [4.78, 5) is 19.4. The zero-order chi connectivity index (χ0) is 15.8. The van der Waals surface area contributed by atoms with E-state index in [-0.39, 0.29) is 12.5 Å². The van der Waals surface area contributed by atoms with Crippen LogP contribution in [-0.2, 0) is 14.3 Å². The first-order valence-electron chi connectivity index (χ1n) is 8.01. The van der Waals surface area contributed by atoms with Gasteiger partial charge in [-0.1, -0.05) is 0 Å². The predicted octanol–water partition coefficient (Wildman–Crippen LogP) is -1.39. The van der Waals surface area contributed by atoms with Crippen LogP contribution in [0.5, 0.6) is 0 Å². The molecule has 1 amide bonds. The van der Waals surface area contributed by atoms with Crippen LogP contribution in [0.15, 0.2) is 0 Å². The molecular weight excluding hydrogens is 286 g/mol. The number of aliphatic hydroxyl groups is 1. The summed E-state index contributed by atoms with van der Waals surface area (Å²) in [6.07, 6.45) is 0.745. The highest BCUT2D eigenvalue weighted by atomic mass is 16.5. The molecule has 3 heterocycles. The Morgan fingerprint density at radius 2 is 1.95 bits per heavy atom. The van der Waals surface area contributed by atoms with Crippen molar-refractivity contribution in [3.05, 3.63) is 0 Å². The minimum atomic E-state index is -0.882. The number of hydrogen-bond acceptors (Lipinski definition) is 6. The second kappa shape index (κ2) is 6.05. The average molecular weight is 313 g/mol. The summed E-state index contributed by atoms with van der Waals surface area (Å²) in [5.74, 6) is 0.107. The summed E-state index contributed by atoms with van der Waals surface area (Å²) in [7, 11) is 3.68. The number of likely N-dealkylation sites (N-methyl/N-ethyl adjacent to an activating group) is 1. The molecule has 0 radical (unpaired) electrons. The maximum atomic E-state index is 13.1. The quantitative estimate of drug-likeness (QED) is 0.690.